The molecule has 0 bridgehead atoms. The second kappa shape index (κ2) is 11.4. The number of hydrogen-bond acceptors (Lipinski definition) is 9. The molecule has 0 aliphatic heterocycles. The number of hydrogen-bond donors (Lipinski definition) is 5. The average molecular weight is 375 g/mol. The zero-order valence-corrected chi connectivity index (χ0v) is 14.7. The second-order valence-corrected chi connectivity index (χ2v) is 5.04. The third-order valence-corrected chi connectivity index (χ3v) is 3.03. The van der Waals surface area contributed by atoms with Gasteiger partial charge < -0.3 is 32.0 Å². The summed E-state index contributed by atoms with van der Waals surface area (Å²) in [4.78, 5) is 23.4. The Kier molecular flexibility index (Phi) is 9.47. The summed E-state index contributed by atoms with van der Waals surface area (Å²) in [5.74, 6) is -1.02. The topological polar surface area (TPSA) is 176 Å². The van der Waals surface area contributed by atoms with Crippen LogP contribution in [0.2, 0.25) is 5.15 Å². The summed E-state index contributed by atoms with van der Waals surface area (Å²) in [6.45, 7) is 2.95. The Morgan fingerprint density at radius 2 is 1.84 bits per heavy atom. The van der Waals surface area contributed by atoms with Crippen molar-refractivity contribution < 1.29 is 14.3 Å². The van der Waals surface area contributed by atoms with E-state index in [4.69, 9.17) is 38.3 Å². The van der Waals surface area contributed by atoms with E-state index >= 15 is 0 Å². The number of amides is 1. The molecule has 0 fully saturated rings. The molecule has 0 radical (unpaired) electrons. The Morgan fingerprint density at radius 3 is 2.52 bits per heavy atom. The van der Waals surface area contributed by atoms with Crippen LogP contribution in [0.3, 0.4) is 0 Å². The lowest BCUT2D eigenvalue weighted by atomic mass is 10.4. The summed E-state index contributed by atoms with van der Waals surface area (Å²) in [6.07, 6.45) is 0. The molecule has 8 N–H and O–H groups in total. The lowest BCUT2D eigenvalue weighted by molar-refractivity contribution is 0.0524. The first-order valence-electron chi connectivity index (χ1n) is 7.45. The maximum Gasteiger partial charge on any atom is 0.280 e. The fourth-order valence-electron chi connectivity index (χ4n) is 1.55. The van der Waals surface area contributed by atoms with Crippen molar-refractivity contribution in [1.82, 2.24) is 20.6 Å². The van der Waals surface area contributed by atoms with E-state index in [-0.39, 0.29) is 35.0 Å². The van der Waals surface area contributed by atoms with E-state index in [1.54, 1.807) is 0 Å². The van der Waals surface area contributed by atoms with Crippen molar-refractivity contribution >= 4 is 35.1 Å². The molecule has 1 heterocycles. The van der Waals surface area contributed by atoms with Gasteiger partial charge in [-0.05, 0) is 7.05 Å². The summed E-state index contributed by atoms with van der Waals surface area (Å²) in [7, 11) is 1.85. The number of rotatable bonds is 10. The molecule has 0 aliphatic rings. The number of aromatic nitrogens is 2. The molecule has 1 aromatic rings. The van der Waals surface area contributed by atoms with Gasteiger partial charge in [0, 0.05) is 6.54 Å². The predicted molar refractivity (Wildman–Crippen MR) is 95.4 cm³/mol. The normalized spacial score (nSPS) is 11.5. The maximum atomic E-state index is 12.0. The average Bonchev–Trinajstić information content (AvgIpc) is 2.56. The maximum absolute atomic E-state index is 12.0. The SMILES string of the molecule is CNCCOCCOCCN=C(N)NC(=O)c1nc(Cl)c(N)nc1N. The molecule has 0 spiro atoms. The number of nitrogens with zero attached hydrogens (tertiary/aromatic N) is 3. The zero-order valence-electron chi connectivity index (χ0n) is 13.9. The van der Waals surface area contributed by atoms with Gasteiger partial charge in [0.25, 0.3) is 5.91 Å². The largest absolute Gasteiger partial charge is 0.382 e. The lowest BCUT2D eigenvalue weighted by Crippen LogP contribution is -2.38. The molecule has 0 aliphatic carbocycles. The van der Waals surface area contributed by atoms with E-state index in [1.807, 2.05) is 7.05 Å². The summed E-state index contributed by atoms with van der Waals surface area (Å²) >= 11 is 5.71. The third kappa shape index (κ3) is 7.94. The van der Waals surface area contributed by atoms with Crippen LogP contribution in [0.4, 0.5) is 11.6 Å². The van der Waals surface area contributed by atoms with Gasteiger partial charge in [0.05, 0.1) is 33.0 Å². The quantitative estimate of drug-likeness (QED) is 0.187. The van der Waals surface area contributed by atoms with Crippen LogP contribution in [0.15, 0.2) is 4.99 Å². The number of likely N-dealkylation sites (N-methyl/N-ethyl adjacent to an activating group) is 1. The van der Waals surface area contributed by atoms with E-state index in [9.17, 15) is 4.79 Å². The molecule has 1 amide bonds. The highest BCUT2D eigenvalue weighted by Gasteiger charge is 2.16. The number of carbonyl (C=O) groups is 1. The number of nitrogens with two attached hydrogens (primary N) is 3. The molecule has 0 saturated carbocycles. The molecule has 1 rings (SSSR count). The molecule has 0 saturated heterocycles. The molecular weight excluding hydrogens is 352 g/mol. The smallest absolute Gasteiger partial charge is 0.280 e. The minimum atomic E-state index is -0.688. The van der Waals surface area contributed by atoms with E-state index in [1.165, 1.54) is 0 Å². The second-order valence-electron chi connectivity index (χ2n) is 4.68. The lowest BCUT2D eigenvalue weighted by Gasteiger charge is -2.07. The first kappa shape index (κ1) is 20.8. The van der Waals surface area contributed by atoms with Crippen molar-refractivity contribution in [3.8, 4) is 0 Å². The number of nitrogen functional groups attached to an aromatic ring is 2. The standard InChI is InChI=1S/C13H23ClN8O3/c1-18-2-4-24-6-7-25-5-3-19-13(17)22-12(23)8-10(15)21-11(16)9(14)20-8/h18H,2-7H2,1H3,(H4,15,16,21)(H3,17,19,22,23). The number of ether oxygens (including phenoxy) is 2. The van der Waals surface area contributed by atoms with Crippen molar-refractivity contribution in [2.75, 3.05) is 58.0 Å². The molecule has 11 nitrogen and oxygen atoms in total. The molecule has 0 atom stereocenters. The van der Waals surface area contributed by atoms with Crippen LogP contribution in [-0.2, 0) is 9.47 Å². The zero-order chi connectivity index (χ0) is 18.7. The molecule has 0 unspecified atom stereocenters. The number of nitrogens with one attached hydrogen (secondary N) is 2. The summed E-state index contributed by atoms with van der Waals surface area (Å²) in [6, 6.07) is 0. The minimum absolute atomic E-state index is 0.0653. The van der Waals surface area contributed by atoms with Gasteiger partial charge in [0.15, 0.2) is 28.4 Å². The molecule has 12 heteroatoms. The Bertz CT molecular complexity index is 599. The molecule has 140 valence electrons. The van der Waals surface area contributed by atoms with Crippen molar-refractivity contribution in [2.24, 2.45) is 10.7 Å². The predicted octanol–water partition coefficient (Wildman–Crippen LogP) is -1.41. The van der Waals surface area contributed by atoms with E-state index in [0.717, 1.165) is 6.54 Å². The summed E-state index contributed by atoms with van der Waals surface area (Å²) in [5, 5.41) is 5.17. The fraction of sp³-hybridized carbons (Fsp3) is 0.538. The highest BCUT2D eigenvalue weighted by Crippen LogP contribution is 2.16. The molecule has 0 aromatic carbocycles. The van der Waals surface area contributed by atoms with Crippen LogP contribution in [-0.4, -0.2) is 68.4 Å². The number of aliphatic imine (C=N–C) groups is 1. The van der Waals surface area contributed by atoms with Gasteiger partial charge in [-0.2, -0.15) is 0 Å². The Hall–Kier alpha value is -2.21. The van der Waals surface area contributed by atoms with E-state index in [0.29, 0.717) is 26.4 Å². The Morgan fingerprint density at radius 1 is 1.16 bits per heavy atom. The number of carbonyl (C=O) groups excluding carboxylic acids is 1. The van der Waals surface area contributed by atoms with E-state index in [2.05, 4.69) is 25.6 Å². The Labute approximate surface area is 150 Å². The van der Waals surface area contributed by atoms with Gasteiger partial charge in [0.1, 0.15) is 0 Å². The highest BCUT2D eigenvalue weighted by atomic mass is 35.5. The van der Waals surface area contributed by atoms with Crippen LogP contribution < -0.4 is 27.8 Å². The first-order valence-corrected chi connectivity index (χ1v) is 7.83. The number of guanidine groups is 1. The summed E-state index contributed by atoms with van der Waals surface area (Å²) in [5.41, 5.74) is 16.4. The Balaban J connectivity index is 2.31. The first-order chi connectivity index (χ1) is 12.0. The monoisotopic (exact) mass is 374 g/mol. The van der Waals surface area contributed by atoms with Crippen molar-refractivity contribution in [3.05, 3.63) is 10.8 Å². The molecular formula is C13H23ClN8O3. The van der Waals surface area contributed by atoms with Crippen LogP contribution in [0.1, 0.15) is 10.5 Å². The van der Waals surface area contributed by atoms with Crippen LogP contribution in [0.5, 0.6) is 0 Å². The van der Waals surface area contributed by atoms with Crippen LogP contribution in [0, 0.1) is 0 Å². The minimum Gasteiger partial charge on any atom is -0.382 e. The van der Waals surface area contributed by atoms with Gasteiger partial charge in [-0.15, -0.1) is 0 Å². The van der Waals surface area contributed by atoms with Crippen LogP contribution in [0.25, 0.3) is 0 Å². The highest BCUT2D eigenvalue weighted by molar-refractivity contribution is 6.31. The third-order valence-electron chi connectivity index (χ3n) is 2.75. The molecule has 1 aromatic heterocycles. The van der Waals surface area contributed by atoms with Gasteiger partial charge in [-0.3, -0.25) is 15.1 Å². The van der Waals surface area contributed by atoms with E-state index < -0.39 is 5.91 Å². The summed E-state index contributed by atoms with van der Waals surface area (Å²) < 4.78 is 10.6. The molecule has 25 heavy (non-hydrogen) atoms. The van der Waals surface area contributed by atoms with Gasteiger partial charge in [-0.25, -0.2) is 9.97 Å². The van der Waals surface area contributed by atoms with Crippen molar-refractivity contribution in [3.63, 3.8) is 0 Å². The van der Waals surface area contributed by atoms with Crippen molar-refractivity contribution in [2.45, 2.75) is 0 Å². The van der Waals surface area contributed by atoms with Gasteiger partial charge >= 0.3 is 0 Å². The van der Waals surface area contributed by atoms with Crippen molar-refractivity contribution in [1.29, 1.82) is 0 Å². The number of halogens is 1. The fourth-order valence-corrected chi connectivity index (χ4v) is 1.68. The van der Waals surface area contributed by atoms with Gasteiger partial charge in [0.2, 0.25) is 0 Å². The van der Waals surface area contributed by atoms with Gasteiger partial charge in [-0.1, -0.05) is 11.6 Å². The van der Waals surface area contributed by atoms with Crippen LogP contribution >= 0.6 is 11.6 Å². The number of anilines is 2.